The van der Waals surface area contributed by atoms with Gasteiger partial charge >= 0.3 is 0 Å². The molecule has 0 aliphatic heterocycles. The molecule has 0 bridgehead atoms. The first-order valence-electron chi connectivity index (χ1n) is 4.70. The highest BCUT2D eigenvalue weighted by Gasteiger charge is 1.98. The van der Waals surface area contributed by atoms with E-state index in [1.54, 1.807) is 6.08 Å². The Labute approximate surface area is 93.0 Å². The molecule has 0 aromatic carbocycles. The maximum atomic E-state index is 12.7. The van der Waals surface area contributed by atoms with Crippen molar-refractivity contribution in [1.82, 2.24) is 9.97 Å². The van der Waals surface area contributed by atoms with Crippen molar-refractivity contribution < 1.29 is 9.13 Å². The minimum absolute atomic E-state index is 0.108. The van der Waals surface area contributed by atoms with Gasteiger partial charge < -0.3 is 4.74 Å². The first-order chi connectivity index (χ1) is 7.22. The van der Waals surface area contributed by atoms with Gasteiger partial charge in [-0.05, 0) is 24.1 Å². The normalized spacial score (nSPS) is 10.9. The van der Waals surface area contributed by atoms with Crippen molar-refractivity contribution in [2.45, 2.75) is 19.8 Å². The van der Waals surface area contributed by atoms with Crippen molar-refractivity contribution in [3.63, 3.8) is 0 Å². The van der Waals surface area contributed by atoms with E-state index >= 15 is 0 Å². The fraction of sp³-hybridized carbons (Fsp3) is 0.400. The summed E-state index contributed by atoms with van der Waals surface area (Å²) in [5.74, 6) is -0.650. The fourth-order valence-corrected chi connectivity index (χ4v) is 1.08. The van der Waals surface area contributed by atoms with Crippen LogP contribution in [-0.2, 0) is 4.74 Å². The molecule has 1 aromatic heterocycles. The van der Waals surface area contributed by atoms with Gasteiger partial charge in [0, 0.05) is 6.07 Å². The van der Waals surface area contributed by atoms with E-state index in [0.29, 0.717) is 12.3 Å². The molecule has 0 amide bonds. The van der Waals surface area contributed by atoms with Crippen LogP contribution in [0.3, 0.4) is 0 Å². The molecule has 0 saturated heterocycles. The van der Waals surface area contributed by atoms with Crippen molar-refractivity contribution in [3.05, 3.63) is 29.3 Å². The Morgan fingerprint density at radius 3 is 3.00 bits per heavy atom. The zero-order chi connectivity index (χ0) is 11.1. The van der Waals surface area contributed by atoms with Gasteiger partial charge in [0.15, 0.2) is 0 Å². The summed E-state index contributed by atoms with van der Waals surface area (Å²) in [6, 6.07) is 1.19. The highest BCUT2D eigenvalue weighted by atomic mass is 35.5. The van der Waals surface area contributed by atoms with Crippen molar-refractivity contribution >= 4 is 17.7 Å². The van der Waals surface area contributed by atoms with Crippen molar-refractivity contribution in [2.75, 3.05) is 6.61 Å². The summed E-state index contributed by atoms with van der Waals surface area (Å²) in [4.78, 5) is 7.10. The molecule has 0 saturated carbocycles. The van der Waals surface area contributed by atoms with Crippen LogP contribution in [0.2, 0.25) is 5.28 Å². The maximum absolute atomic E-state index is 12.7. The van der Waals surface area contributed by atoms with Gasteiger partial charge in [0.05, 0.1) is 18.6 Å². The van der Waals surface area contributed by atoms with E-state index in [4.69, 9.17) is 16.3 Å². The summed E-state index contributed by atoms with van der Waals surface area (Å²) in [6.07, 6.45) is 5.09. The van der Waals surface area contributed by atoms with Crippen molar-refractivity contribution in [2.24, 2.45) is 0 Å². The monoisotopic (exact) mass is 230 g/mol. The van der Waals surface area contributed by atoms with Crippen LogP contribution in [0.25, 0.3) is 6.08 Å². The summed E-state index contributed by atoms with van der Waals surface area (Å²) in [6.45, 7) is 2.72. The molecule has 0 spiro atoms. The first kappa shape index (κ1) is 11.9. The largest absolute Gasteiger partial charge is 0.501 e. The lowest BCUT2D eigenvalue weighted by atomic mass is 10.4. The van der Waals surface area contributed by atoms with Gasteiger partial charge in [-0.25, -0.2) is 4.98 Å². The molecule has 82 valence electrons. The molecule has 0 radical (unpaired) electrons. The van der Waals surface area contributed by atoms with E-state index in [-0.39, 0.29) is 5.28 Å². The molecule has 5 heteroatoms. The lowest BCUT2D eigenvalue weighted by Gasteiger charge is -1.98. The van der Waals surface area contributed by atoms with E-state index in [1.807, 2.05) is 0 Å². The summed E-state index contributed by atoms with van der Waals surface area (Å²) in [5, 5.41) is -0.108. The van der Waals surface area contributed by atoms with Crippen molar-refractivity contribution in [3.8, 4) is 0 Å². The number of nitrogens with zero attached hydrogens (tertiary/aromatic N) is 2. The third-order valence-electron chi connectivity index (χ3n) is 1.64. The zero-order valence-corrected chi connectivity index (χ0v) is 9.17. The summed E-state index contributed by atoms with van der Waals surface area (Å²) < 4.78 is 17.9. The van der Waals surface area contributed by atoms with E-state index in [0.717, 1.165) is 12.8 Å². The highest BCUT2D eigenvalue weighted by molar-refractivity contribution is 6.28. The molecule has 0 fully saturated rings. The molecule has 1 aromatic rings. The molecule has 0 aliphatic rings. The fourth-order valence-electron chi connectivity index (χ4n) is 0.905. The van der Waals surface area contributed by atoms with Crippen LogP contribution in [0.1, 0.15) is 25.5 Å². The predicted molar refractivity (Wildman–Crippen MR) is 56.9 cm³/mol. The summed E-state index contributed by atoms with van der Waals surface area (Å²) in [5.41, 5.74) is 0.393. The number of ether oxygens (including phenoxy) is 1. The van der Waals surface area contributed by atoms with Crippen LogP contribution in [0.5, 0.6) is 0 Å². The second-order valence-electron chi connectivity index (χ2n) is 2.91. The third kappa shape index (κ3) is 4.74. The lowest BCUT2D eigenvalue weighted by Crippen LogP contribution is -1.91. The maximum Gasteiger partial charge on any atom is 0.225 e. The number of unbranched alkanes of at least 4 members (excludes halogenated alkanes) is 1. The number of hydrogen-bond donors (Lipinski definition) is 0. The Hall–Kier alpha value is -1.16. The van der Waals surface area contributed by atoms with E-state index in [9.17, 15) is 4.39 Å². The Morgan fingerprint density at radius 2 is 2.33 bits per heavy atom. The molecule has 0 atom stereocenters. The van der Waals surface area contributed by atoms with Crippen LogP contribution < -0.4 is 0 Å². The van der Waals surface area contributed by atoms with Gasteiger partial charge in [0.25, 0.3) is 0 Å². The Kier molecular flexibility index (Phi) is 5.04. The van der Waals surface area contributed by atoms with Crippen LogP contribution in [-0.4, -0.2) is 16.6 Å². The second kappa shape index (κ2) is 6.35. The van der Waals surface area contributed by atoms with Crippen molar-refractivity contribution in [1.29, 1.82) is 0 Å². The molecular weight excluding hydrogens is 219 g/mol. The molecule has 0 aliphatic carbocycles. The van der Waals surface area contributed by atoms with Gasteiger partial charge in [-0.1, -0.05) is 13.3 Å². The number of rotatable bonds is 5. The van der Waals surface area contributed by atoms with Crippen LogP contribution >= 0.6 is 11.6 Å². The molecule has 15 heavy (non-hydrogen) atoms. The summed E-state index contributed by atoms with van der Waals surface area (Å²) in [7, 11) is 0. The predicted octanol–water partition coefficient (Wildman–Crippen LogP) is 3.06. The minimum Gasteiger partial charge on any atom is -0.501 e. The van der Waals surface area contributed by atoms with Crippen LogP contribution in [0.15, 0.2) is 12.3 Å². The molecule has 1 rings (SSSR count). The van der Waals surface area contributed by atoms with E-state index in [2.05, 4.69) is 16.9 Å². The topological polar surface area (TPSA) is 35.0 Å². The number of aromatic nitrogens is 2. The molecule has 0 unspecified atom stereocenters. The van der Waals surface area contributed by atoms with Gasteiger partial charge in [-0.2, -0.15) is 9.37 Å². The minimum atomic E-state index is -0.650. The SMILES string of the molecule is CCCCOC=Cc1cc(F)nc(Cl)n1. The van der Waals surface area contributed by atoms with Gasteiger partial charge in [-0.3, -0.25) is 0 Å². The molecule has 1 heterocycles. The van der Waals surface area contributed by atoms with Crippen LogP contribution in [0, 0.1) is 5.95 Å². The zero-order valence-electron chi connectivity index (χ0n) is 8.41. The first-order valence-corrected chi connectivity index (χ1v) is 5.08. The van der Waals surface area contributed by atoms with Gasteiger partial charge in [-0.15, -0.1) is 0 Å². The Bertz CT molecular complexity index is 324. The molecule has 0 N–H and O–H groups in total. The smallest absolute Gasteiger partial charge is 0.225 e. The average molecular weight is 231 g/mol. The van der Waals surface area contributed by atoms with E-state index < -0.39 is 5.95 Å². The van der Waals surface area contributed by atoms with E-state index in [1.165, 1.54) is 12.3 Å². The van der Waals surface area contributed by atoms with Gasteiger partial charge in [0.1, 0.15) is 0 Å². The van der Waals surface area contributed by atoms with Gasteiger partial charge in [0.2, 0.25) is 11.2 Å². The lowest BCUT2D eigenvalue weighted by molar-refractivity contribution is 0.246. The molecule has 3 nitrogen and oxygen atoms in total. The number of hydrogen-bond acceptors (Lipinski definition) is 3. The standard InChI is InChI=1S/C10H12ClFN2O/c1-2-3-5-15-6-4-8-7-9(12)14-10(11)13-8/h4,6-7H,2-3,5H2,1H3. The Balaban J connectivity index is 2.49. The van der Waals surface area contributed by atoms with Crippen LogP contribution in [0.4, 0.5) is 4.39 Å². The average Bonchev–Trinajstić information content (AvgIpc) is 2.16. The molecular formula is C10H12ClFN2O. The third-order valence-corrected chi connectivity index (χ3v) is 1.81. The quantitative estimate of drug-likeness (QED) is 0.338. The number of halogens is 2. The highest BCUT2D eigenvalue weighted by Crippen LogP contribution is 2.06. The Morgan fingerprint density at radius 1 is 1.53 bits per heavy atom. The summed E-state index contributed by atoms with van der Waals surface area (Å²) >= 11 is 5.48. The second-order valence-corrected chi connectivity index (χ2v) is 3.25.